The normalized spacial score (nSPS) is 22.7. The molecule has 148 heavy (non-hydrogen) atoms. The van der Waals surface area contributed by atoms with E-state index in [1.807, 2.05) is 60.1 Å². The number of fused-ring (bicyclic) bond motifs is 10. The first kappa shape index (κ1) is 118. The number of hydrogen-bond acceptors (Lipinski definition) is 27. The molecule has 8 amide bonds. The van der Waals surface area contributed by atoms with E-state index in [4.69, 9.17) is 62.6 Å². The van der Waals surface area contributed by atoms with Gasteiger partial charge < -0.3 is 109 Å². The molecule has 4 fully saturated rings. The molecule has 14 atom stereocenters. The zero-order chi connectivity index (χ0) is 106. The number of unbranched alkanes of at least 4 members (excludes halogenated alkanes) is 1. The number of carbonyl (C=O) groups is 12. The minimum Gasteiger partial charge on any atom is -0.445 e. The van der Waals surface area contributed by atoms with Gasteiger partial charge >= 0.3 is 12.1 Å². The van der Waals surface area contributed by atoms with Gasteiger partial charge in [0.05, 0.1) is 183 Å². The summed E-state index contributed by atoms with van der Waals surface area (Å²) in [5.74, 6) is -1.41. The number of ether oxygens (including phenoxy) is 12. The Morgan fingerprint density at radius 1 is 0.662 bits per heavy atom. The maximum Gasteiger partial charge on any atom is 0.407 e. The van der Waals surface area contributed by atoms with E-state index in [1.165, 1.54) is 19.1 Å². The summed E-state index contributed by atoms with van der Waals surface area (Å²) in [5, 5.41) is 37.8. The predicted molar refractivity (Wildman–Crippen MR) is 542 cm³/mol. The van der Waals surface area contributed by atoms with Crippen molar-refractivity contribution in [2.24, 2.45) is 46.2 Å². The number of nitrogens with one attached hydrogen (secondary N) is 6. The Morgan fingerprint density at radius 2 is 1.30 bits per heavy atom. The summed E-state index contributed by atoms with van der Waals surface area (Å²) < 4.78 is 108. The van der Waals surface area contributed by atoms with Crippen LogP contribution >= 0.6 is 0 Å². The number of quaternary nitrogens is 1. The van der Waals surface area contributed by atoms with Crippen LogP contribution in [0.4, 0.5) is 29.7 Å². The lowest BCUT2D eigenvalue weighted by atomic mass is 9.44. The van der Waals surface area contributed by atoms with Gasteiger partial charge in [-0.05, 0) is 155 Å². The minimum atomic E-state index is -2.42. The number of aliphatic hydroxyl groups excluding tert-OH is 1. The molecule has 37 nitrogen and oxygen atoms in total. The number of para-hydroxylation sites is 1. The summed E-state index contributed by atoms with van der Waals surface area (Å²) in [6.07, 6.45) is 3.58. The molecule has 39 heteroatoms. The van der Waals surface area contributed by atoms with E-state index >= 15 is 8.78 Å². The zero-order valence-electron chi connectivity index (χ0n) is 87.3. The average Bonchev–Trinajstić information content (AvgIpc) is 1.47. The molecule has 1 saturated heterocycles. The number of aliphatic hydroxyl groups is 1. The fourth-order valence-electron chi connectivity index (χ4n) is 21.0. The lowest BCUT2D eigenvalue weighted by Gasteiger charge is -2.63. The summed E-state index contributed by atoms with van der Waals surface area (Å²) in [6, 6.07) is 19.6. The van der Waals surface area contributed by atoms with E-state index in [9.17, 15) is 62.6 Å². The number of Topliss-reactive ketones (excluding diaryl/α,β-unsaturated/α-hetero) is 4. The standard InChI is InChI=1S/C109H154F2N12O25/c1-9-21-99-147-95-68-85-86-67-88(110)87-66-83(125)39-42-106(87,4)108(86,111)93(128)69-107(85,5)109(95,148-99)94(129)70-116-105(136)146-72-75-31-35-81(36-32-75)117-102(133)79(26-19-44-115-104(112)135)65-91(127)100(74(2)3)118-103(134)78(64-84(126)40-49-138-53-57-142-61-60-141-56-52-137-48-20-27-82(124)37-38-98(132)121-71-80-25-14-13-22-76(80)33-34-77-23-15-16-28-89(77)121)24-17-18-43-113-97(131)73-145-92-30-12-10-11-29-90-101(92)119-120-122(90)46-51-140-55-59-144-63-62-143-58-54-139-50-41-96(130)114-45-47-123(6,7)8/h13-16,22-23,25,28,31-32,35-36,39,42,66,74,78-79,85-86,88,92-93,95,99-100,128H,9-12,17-21,24,26-27,29-30,37-38,40-41,43-65,67-73H2,1-8H3,(H7-,112,113,114,115,116,117,118,130,131,133,134,135,136)/p+1/t78-,79+,85-,86-,88-,92?,93-,95+,99?,100-,106-,107-,108-,109+/m0/s1. The van der Waals surface area contributed by atoms with Gasteiger partial charge in [-0.15, -0.1) is 5.10 Å². The van der Waals surface area contributed by atoms with Gasteiger partial charge in [0.15, 0.2) is 34.9 Å². The molecule has 0 radical (unpaired) electrons. The highest BCUT2D eigenvalue weighted by atomic mass is 19.1. The van der Waals surface area contributed by atoms with Crippen LogP contribution in [0.25, 0.3) is 0 Å². The molecule has 3 heterocycles. The van der Waals surface area contributed by atoms with Crippen LogP contribution in [0.5, 0.6) is 0 Å². The molecule has 4 aromatic rings. The van der Waals surface area contributed by atoms with Crippen molar-refractivity contribution in [1.29, 1.82) is 0 Å². The highest BCUT2D eigenvalue weighted by Gasteiger charge is 2.80. The minimum absolute atomic E-state index is 0.0239. The summed E-state index contributed by atoms with van der Waals surface area (Å²) in [6.45, 7) is 14.8. The monoisotopic (exact) mass is 2070 g/mol. The van der Waals surface area contributed by atoms with Crippen LogP contribution in [0.3, 0.4) is 0 Å². The van der Waals surface area contributed by atoms with Gasteiger partial charge in [-0.3, -0.25) is 47.9 Å². The molecule has 0 spiro atoms. The summed E-state index contributed by atoms with van der Waals surface area (Å²) in [7, 11) is 6.21. The average molecular weight is 2070 g/mol. The molecule has 9 N–H and O–H groups in total. The third-order valence-corrected chi connectivity index (χ3v) is 28.9. The van der Waals surface area contributed by atoms with Crippen molar-refractivity contribution in [3.8, 4) is 11.8 Å². The summed E-state index contributed by atoms with van der Waals surface area (Å²) in [4.78, 5) is 164. The third kappa shape index (κ3) is 33.7. The summed E-state index contributed by atoms with van der Waals surface area (Å²) >= 11 is 0. The van der Waals surface area contributed by atoms with Gasteiger partial charge in [0.2, 0.25) is 29.5 Å². The first-order valence-electron chi connectivity index (χ1n) is 52.7. The Balaban J connectivity index is 0.622. The van der Waals surface area contributed by atoms with Crippen LogP contribution < -0.4 is 42.5 Å². The van der Waals surface area contributed by atoms with E-state index in [2.05, 4.69) is 75.2 Å². The Labute approximate surface area is 866 Å². The number of ketones is 5. The second-order valence-electron chi connectivity index (χ2n) is 41.0. The van der Waals surface area contributed by atoms with Gasteiger partial charge in [-0.2, -0.15) is 0 Å². The Hall–Kier alpha value is -10.6. The Kier molecular flexibility index (Phi) is 46.7. The number of halogens is 2. The Bertz CT molecular complexity index is 5200. The molecule has 5 aliphatic carbocycles. The first-order chi connectivity index (χ1) is 71.1. The van der Waals surface area contributed by atoms with Crippen molar-refractivity contribution in [2.45, 2.75) is 250 Å². The van der Waals surface area contributed by atoms with Crippen LogP contribution in [0.15, 0.2) is 96.6 Å². The number of benzene rings is 3. The van der Waals surface area contributed by atoms with Crippen LogP contribution in [0, 0.1) is 52.3 Å². The van der Waals surface area contributed by atoms with E-state index in [1.54, 1.807) is 49.9 Å². The molecule has 11 rings (SSSR count). The molecule has 2 aliphatic heterocycles. The fraction of sp³-hybridized carbons (Fsp3) is 0.651. The highest BCUT2D eigenvalue weighted by molar-refractivity contribution is 6.02. The van der Waals surface area contributed by atoms with Crippen LogP contribution in [-0.4, -0.2) is 303 Å². The molecule has 1 aromatic heterocycles. The zero-order valence-corrected chi connectivity index (χ0v) is 87.3. The van der Waals surface area contributed by atoms with E-state index in [0.717, 1.165) is 70.9 Å². The van der Waals surface area contributed by atoms with E-state index in [-0.39, 0.29) is 171 Å². The number of alkyl carbamates (subject to hydrolysis) is 1. The van der Waals surface area contributed by atoms with Gasteiger partial charge in [-0.25, -0.2) is 23.1 Å². The van der Waals surface area contributed by atoms with Crippen molar-refractivity contribution < 1.29 is 133 Å². The third-order valence-electron chi connectivity index (χ3n) is 28.9. The van der Waals surface area contributed by atoms with Crippen molar-refractivity contribution >= 4 is 82.0 Å². The predicted octanol–water partition coefficient (Wildman–Crippen LogP) is 9.93. The van der Waals surface area contributed by atoms with Crippen molar-refractivity contribution in [3.05, 3.63) is 130 Å². The maximum atomic E-state index is 18.1. The number of rotatable bonds is 66. The number of primary amides is 1. The van der Waals surface area contributed by atoms with Crippen LogP contribution in [0.2, 0.25) is 0 Å². The number of carbonyl (C=O) groups excluding carboxylic acids is 12. The van der Waals surface area contributed by atoms with Gasteiger partial charge in [0.1, 0.15) is 42.7 Å². The van der Waals surface area contributed by atoms with E-state index < -0.39 is 136 Å². The summed E-state index contributed by atoms with van der Waals surface area (Å²) in [5.41, 5.74) is 3.85. The Morgan fingerprint density at radius 3 is 1.99 bits per heavy atom. The van der Waals surface area contributed by atoms with E-state index in [0.29, 0.717) is 154 Å². The lowest BCUT2D eigenvalue weighted by molar-refractivity contribution is -0.869. The maximum absolute atomic E-state index is 18.1. The van der Waals surface area contributed by atoms with Gasteiger partial charge in [0.25, 0.3) is 0 Å². The number of nitrogens with two attached hydrogens (primary N) is 1. The van der Waals surface area contributed by atoms with Gasteiger partial charge in [-0.1, -0.05) is 119 Å². The number of alkyl halides is 2. The molecular formula is C109H155F2N12O25+. The fourth-order valence-corrected chi connectivity index (χ4v) is 21.0. The largest absolute Gasteiger partial charge is 0.445 e. The SMILES string of the molecule is CCCC1O[C@@H]2C[C@H]3[C@@H]4C[C@H](F)C5=CC(=O)C=C[C@]5(C)[C@@]4(F)[C@@H](O)C[C@]3(C)[C@]2(C(=O)CNC(=O)OCc2ccc(NC(=O)[C@H](CCCNC(N)=O)CC(=O)[C@@H](NC(=O)[C@@H](CCCCNC(=O)COC3CCCCCc4c3nnn4CCOCCOCCOCCOCCC(=O)NCC[N+](C)(C)C)CC(=O)CCOCCOCCOCCOCCCC(=O)CCC(=O)N3Cc4ccccc4C#Cc4ccccc43)C(C)C)cc2)O1. The number of nitrogens with zero attached hydrogens (tertiary/aromatic N) is 5. The second kappa shape index (κ2) is 58.7. The quantitative estimate of drug-likeness (QED) is 0.0116. The molecule has 3 saturated carbocycles. The molecule has 0 bridgehead atoms. The van der Waals surface area contributed by atoms with Crippen molar-refractivity contribution in [1.82, 2.24) is 41.6 Å². The van der Waals surface area contributed by atoms with Crippen LogP contribution in [-0.2, 0) is 131 Å². The molecule has 814 valence electrons. The molecule has 7 aliphatic rings. The van der Waals surface area contributed by atoms with Crippen molar-refractivity contribution in [2.75, 3.05) is 176 Å². The number of aromatic nitrogens is 3. The number of allylic oxidation sites excluding steroid dienone is 4. The number of urea groups is 1. The van der Waals surface area contributed by atoms with Crippen molar-refractivity contribution in [3.63, 3.8) is 0 Å². The topological polar surface area (TPSA) is 468 Å². The highest BCUT2D eigenvalue weighted by Crippen LogP contribution is 2.72. The number of anilines is 2. The van der Waals surface area contributed by atoms with Gasteiger partial charge in [0, 0.05) is 110 Å². The number of likely N-dealkylation sites (N-methyl/N-ethyl adjacent to an activating group) is 1. The molecule has 2 unspecified atom stereocenters. The second-order valence-corrected chi connectivity index (χ2v) is 41.0. The number of hydrogen-bond donors (Lipinski definition) is 8. The first-order valence-corrected chi connectivity index (χ1v) is 52.7. The smallest absolute Gasteiger partial charge is 0.407 e. The molecule has 3 aromatic carbocycles. The number of amides is 8. The van der Waals surface area contributed by atoms with Crippen LogP contribution in [0.1, 0.15) is 216 Å². The molecular weight excluding hydrogens is 1920 g/mol. The lowest BCUT2D eigenvalue weighted by Crippen LogP contribution is -2.71.